The van der Waals surface area contributed by atoms with Gasteiger partial charge in [0, 0.05) is 37.6 Å². The predicted molar refractivity (Wildman–Crippen MR) is 107 cm³/mol. The molecule has 0 radical (unpaired) electrons. The first-order chi connectivity index (χ1) is 13.1. The van der Waals surface area contributed by atoms with E-state index in [0.717, 1.165) is 69.8 Å². The number of ether oxygens (including phenoxy) is 1. The number of piperidine rings is 1. The number of benzene rings is 1. The van der Waals surface area contributed by atoms with E-state index in [2.05, 4.69) is 10.2 Å². The third kappa shape index (κ3) is 3.02. The van der Waals surface area contributed by atoms with E-state index in [0.29, 0.717) is 22.0 Å². The minimum Gasteiger partial charge on any atom is -0.380 e. The smallest absolute Gasteiger partial charge is 0.329 e. The molecule has 27 heavy (non-hydrogen) atoms. The molecule has 1 aromatic carbocycles. The first-order valence-corrected chi connectivity index (χ1v) is 10.4. The van der Waals surface area contributed by atoms with E-state index in [1.54, 1.807) is 0 Å². The van der Waals surface area contributed by atoms with Gasteiger partial charge in [0.25, 0.3) is 0 Å². The molecule has 8 heteroatoms. The van der Waals surface area contributed by atoms with Crippen molar-refractivity contribution in [2.45, 2.75) is 25.4 Å². The molecule has 0 bridgehead atoms. The summed E-state index contributed by atoms with van der Waals surface area (Å²) in [4.78, 5) is 15.7. The molecule has 0 amide bonds. The van der Waals surface area contributed by atoms with Crippen LogP contribution in [0.15, 0.2) is 16.9 Å². The van der Waals surface area contributed by atoms with Gasteiger partial charge in [0.1, 0.15) is 0 Å². The first kappa shape index (κ1) is 18.0. The van der Waals surface area contributed by atoms with Crippen LogP contribution in [-0.4, -0.2) is 60.0 Å². The maximum Gasteiger partial charge on any atom is 0.329 e. The van der Waals surface area contributed by atoms with Crippen molar-refractivity contribution < 1.29 is 4.74 Å². The van der Waals surface area contributed by atoms with Crippen LogP contribution in [0.5, 0.6) is 0 Å². The van der Waals surface area contributed by atoms with Gasteiger partial charge in [-0.15, -0.1) is 0 Å². The Bertz CT molecular complexity index is 920. The largest absolute Gasteiger partial charge is 0.380 e. The molecule has 3 aliphatic rings. The van der Waals surface area contributed by atoms with Crippen LogP contribution in [0.25, 0.3) is 11.0 Å². The molecule has 146 valence electrons. The van der Waals surface area contributed by atoms with Gasteiger partial charge in [-0.1, -0.05) is 23.2 Å². The molecule has 3 aliphatic heterocycles. The fraction of sp³-hybridized carbons (Fsp3) is 0.632. The molecule has 0 aliphatic carbocycles. The molecule has 0 saturated carbocycles. The number of aromatic nitrogens is 2. The summed E-state index contributed by atoms with van der Waals surface area (Å²) in [5, 5.41) is 4.36. The number of nitrogens with zero attached hydrogens (tertiary/aromatic N) is 3. The summed E-state index contributed by atoms with van der Waals surface area (Å²) in [7, 11) is 0. The molecule has 1 N–H and O–H groups in total. The fourth-order valence-electron chi connectivity index (χ4n) is 4.78. The van der Waals surface area contributed by atoms with Gasteiger partial charge in [-0.2, -0.15) is 0 Å². The van der Waals surface area contributed by atoms with Gasteiger partial charge in [-0.3, -0.25) is 9.13 Å². The van der Waals surface area contributed by atoms with Gasteiger partial charge in [0.2, 0.25) is 0 Å². The van der Waals surface area contributed by atoms with E-state index >= 15 is 0 Å². The second-order valence-electron chi connectivity index (χ2n) is 8.24. The van der Waals surface area contributed by atoms with Crippen molar-refractivity contribution in [2.75, 3.05) is 45.9 Å². The molecular formula is C19H24Cl2N4O2. The zero-order chi connectivity index (χ0) is 18.6. The van der Waals surface area contributed by atoms with E-state index in [4.69, 9.17) is 27.9 Å². The van der Waals surface area contributed by atoms with E-state index in [9.17, 15) is 4.79 Å². The molecule has 1 aromatic heterocycles. The van der Waals surface area contributed by atoms with Crippen molar-refractivity contribution >= 4 is 34.2 Å². The average molecular weight is 411 g/mol. The summed E-state index contributed by atoms with van der Waals surface area (Å²) in [6.07, 6.45) is 1.90. The van der Waals surface area contributed by atoms with Crippen LogP contribution in [0.2, 0.25) is 10.0 Å². The van der Waals surface area contributed by atoms with Gasteiger partial charge < -0.3 is 15.0 Å². The van der Waals surface area contributed by atoms with Gasteiger partial charge >= 0.3 is 5.69 Å². The Balaban J connectivity index is 1.46. The highest BCUT2D eigenvalue weighted by atomic mass is 35.5. The lowest BCUT2D eigenvalue weighted by Crippen LogP contribution is -2.66. The third-order valence-electron chi connectivity index (χ3n) is 6.25. The molecular weight excluding hydrogens is 387 g/mol. The maximum absolute atomic E-state index is 13.3. The van der Waals surface area contributed by atoms with Crippen LogP contribution in [-0.2, 0) is 11.3 Å². The normalized spacial score (nSPS) is 22.9. The highest BCUT2D eigenvalue weighted by Gasteiger charge is 2.48. The summed E-state index contributed by atoms with van der Waals surface area (Å²) in [5.41, 5.74) is 2.23. The van der Waals surface area contributed by atoms with E-state index in [1.807, 2.05) is 21.3 Å². The van der Waals surface area contributed by atoms with E-state index in [1.165, 1.54) is 0 Å². The first-order valence-electron chi connectivity index (χ1n) is 9.67. The minimum absolute atomic E-state index is 0.0532. The van der Waals surface area contributed by atoms with Gasteiger partial charge in [-0.25, -0.2) is 4.79 Å². The van der Waals surface area contributed by atoms with Crippen LogP contribution < -0.4 is 11.0 Å². The van der Waals surface area contributed by atoms with Crippen LogP contribution in [0.4, 0.5) is 0 Å². The standard InChI is InChI=1S/C19H24Cl2N4O2/c20-14-7-16-17(8-15(14)21)25(13-1-3-22-4-2-13)18(26)24(16)6-5-23-9-19(10-23)11-27-12-19/h7-8,13,22H,1-6,9-12H2. The summed E-state index contributed by atoms with van der Waals surface area (Å²) in [6, 6.07) is 3.90. The predicted octanol–water partition coefficient (Wildman–Crippen LogP) is 2.37. The molecule has 5 rings (SSSR count). The number of nitrogens with one attached hydrogen (secondary N) is 1. The Morgan fingerprint density at radius 1 is 1.07 bits per heavy atom. The fourth-order valence-corrected chi connectivity index (χ4v) is 5.10. The Labute approximate surface area is 168 Å². The van der Waals surface area contributed by atoms with Gasteiger partial charge in [0.05, 0.1) is 34.3 Å². The molecule has 2 aromatic rings. The molecule has 0 atom stereocenters. The lowest BCUT2D eigenvalue weighted by molar-refractivity contribution is -0.189. The van der Waals surface area contributed by atoms with Crippen molar-refractivity contribution in [3.8, 4) is 0 Å². The van der Waals surface area contributed by atoms with Crippen molar-refractivity contribution in [3.63, 3.8) is 0 Å². The number of likely N-dealkylation sites (tertiary alicyclic amines) is 1. The quantitative estimate of drug-likeness (QED) is 0.840. The SMILES string of the molecule is O=c1n(CCN2CC3(COC3)C2)c2cc(Cl)c(Cl)cc2n1C1CCNCC1. The Morgan fingerprint density at radius 2 is 1.74 bits per heavy atom. The zero-order valence-electron chi connectivity index (χ0n) is 15.2. The van der Waals surface area contributed by atoms with Crippen LogP contribution in [0.3, 0.4) is 0 Å². The minimum atomic E-state index is 0.0532. The molecule has 3 fully saturated rings. The number of imidazole rings is 1. The van der Waals surface area contributed by atoms with Crippen LogP contribution >= 0.6 is 23.2 Å². The number of hydrogen-bond donors (Lipinski definition) is 1. The van der Waals surface area contributed by atoms with Gasteiger partial charge in [-0.05, 0) is 38.1 Å². The topological polar surface area (TPSA) is 51.4 Å². The second kappa shape index (κ2) is 6.78. The number of hydrogen-bond acceptors (Lipinski definition) is 4. The van der Waals surface area contributed by atoms with E-state index < -0.39 is 0 Å². The highest BCUT2D eigenvalue weighted by molar-refractivity contribution is 6.42. The van der Waals surface area contributed by atoms with Crippen molar-refractivity contribution in [1.82, 2.24) is 19.4 Å². The molecule has 1 spiro atoms. The lowest BCUT2D eigenvalue weighted by Gasteiger charge is -2.55. The van der Waals surface area contributed by atoms with Crippen molar-refractivity contribution in [1.29, 1.82) is 0 Å². The zero-order valence-corrected chi connectivity index (χ0v) is 16.7. The van der Waals surface area contributed by atoms with Crippen LogP contribution in [0.1, 0.15) is 18.9 Å². The highest BCUT2D eigenvalue weighted by Crippen LogP contribution is 2.37. The van der Waals surface area contributed by atoms with E-state index in [-0.39, 0.29) is 11.7 Å². The number of rotatable bonds is 4. The summed E-state index contributed by atoms with van der Waals surface area (Å²) in [6.45, 7) is 7.31. The summed E-state index contributed by atoms with van der Waals surface area (Å²) in [5.74, 6) is 0. The summed E-state index contributed by atoms with van der Waals surface area (Å²) >= 11 is 12.6. The Hall–Kier alpha value is -1.05. The van der Waals surface area contributed by atoms with Crippen LogP contribution in [0, 0.1) is 5.41 Å². The molecule has 6 nitrogen and oxygen atoms in total. The molecule has 4 heterocycles. The average Bonchev–Trinajstić information content (AvgIpc) is 2.85. The number of halogens is 2. The summed E-state index contributed by atoms with van der Waals surface area (Å²) < 4.78 is 9.16. The third-order valence-corrected chi connectivity index (χ3v) is 6.98. The maximum atomic E-state index is 13.3. The van der Waals surface area contributed by atoms with Crippen molar-refractivity contribution in [3.05, 3.63) is 32.7 Å². The number of fused-ring (bicyclic) bond motifs is 1. The monoisotopic (exact) mass is 410 g/mol. The Morgan fingerprint density at radius 3 is 2.37 bits per heavy atom. The Kier molecular flexibility index (Phi) is 4.52. The molecule has 3 saturated heterocycles. The lowest BCUT2D eigenvalue weighted by atomic mass is 9.78. The second-order valence-corrected chi connectivity index (χ2v) is 9.06. The molecule has 0 unspecified atom stereocenters. The van der Waals surface area contributed by atoms with Gasteiger partial charge in [0.15, 0.2) is 0 Å². The van der Waals surface area contributed by atoms with Crippen molar-refractivity contribution in [2.24, 2.45) is 5.41 Å².